The average Bonchev–Trinajstić information content (AvgIpc) is 4.14. The number of nitrogens with zero attached hydrogens (tertiary/aromatic N) is 3. The number of aromatic amines is 1. The third-order valence-electron chi connectivity index (χ3n) is 13.4. The number of hydrogen-bond acceptors (Lipinski definition) is 8. The predicted octanol–water partition coefficient (Wildman–Crippen LogP) is 8.79. The number of nitrogens with one attached hydrogen (secondary N) is 4. The zero-order valence-corrected chi connectivity index (χ0v) is 38.0. The molecular weight excluding hydrogens is 811 g/mol. The van der Waals surface area contributed by atoms with Crippen molar-refractivity contribution in [3.63, 3.8) is 0 Å². The lowest BCUT2D eigenvalue weighted by Crippen LogP contribution is -2.51. The number of benzene rings is 3. The number of H-pyrrole nitrogens is 1. The minimum Gasteiger partial charge on any atom is -0.453 e. The first kappa shape index (κ1) is 45.8. The number of rotatable bonds is 16. The molecule has 1 aromatic heterocycles. The maximum absolute atomic E-state index is 14.2. The molecule has 2 fully saturated rings. The molecule has 0 unspecified atom stereocenters. The highest BCUT2D eigenvalue weighted by Gasteiger charge is 2.44. The third kappa shape index (κ3) is 9.23. The first-order valence-electron chi connectivity index (χ1n) is 22.9. The first-order chi connectivity index (χ1) is 30.9. The van der Waals surface area contributed by atoms with Crippen molar-refractivity contribution in [1.82, 2.24) is 30.4 Å². The first-order valence-corrected chi connectivity index (χ1v) is 22.9. The molecule has 4 N–H and O–H groups in total. The van der Waals surface area contributed by atoms with E-state index in [0.29, 0.717) is 43.0 Å². The van der Waals surface area contributed by atoms with E-state index < -0.39 is 30.3 Å². The van der Waals surface area contributed by atoms with Gasteiger partial charge in [-0.2, -0.15) is 0 Å². The number of aromatic nitrogens is 2. The van der Waals surface area contributed by atoms with Crippen molar-refractivity contribution in [1.29, 1.82) is 0 Å². The second-order valence-corrected chi connectivity index (χ2v) is 17.7. The van der Waals surface area contributed by atoms with Crippen LogP contribution in [0.4, 0.5) is 15.3 Å². The molecule has 2 saturated heterocycles. The lowest BCUT2D eigenvalue weighted by atomic mass is 9.70. The summed E-state index contributed by atoms with van der Waals surface area (Å²) in [5.41, 5.74) is 7.61. The molecule has 14 heteroatoms. The van der Waals surface area contributed by atoms with Gasteiger partial charge in [0.2, 0.25) is 11.8 Å². The van der Waals surface area contributed by atoms with Crippen LogP contribution in [-0.4, -0.2) is 89.1 Å². The van der Waals surface area contributed by atoms with E-state index in [4.69, 9.17) is 14.5 Å². The molecule has 1 aliphatic carbocycles. The molecule has 0 radical (unpaired) electrons. The van der Waals surface area contributed by atoms with E-state index in [2.05, 4.69) is 65.1 Å². The molecule has 7 rings (SSSR count). The van der Waals surface area contributed by atoms with Gasteiger partial charge in [-0.25, -0.2) is 14.6 Å². The van der Waals surface area contributed by atoms with Crippen molar-refractivity contribution in [2.24, 2.45) is 5.92 Å². The zero-order chi connectivity index (χ0) is 45.5. The Balaban J connectivity index is 1.16. The van der Waals surface area contributed by atoms with Crippen LogP contribution in [0.3, 0.4) is 0 Å². The van der Waals surface area contributed by atoms with Crippen molar-refractivity contribution in [3.8, 4) is 22.4 Å². The molecule has 4 atom stereocenters. The van der Waals surface area contributed by atoms with E-state index in [0.717, 1.165) is 68.2 Å². The van der Waals surface area contributed by atoms with Gasteiger partial charge < -0.3 is 40.2 Å². The van der Waals surface area contributed by atoms with Gasteiger partial charge in [0.25, 0.3) is 5.91 Å². The quantitative estimate of drug-likeness (QED) is 0.0864. The van der Waals surface area contributed by atoms with Gasteiger partial charge in [-0.15, -0.1) is 0 Å². The number of unbranched alkanes of at least 4 members (excludes halogenated alkanes) is 2. The van der Waals surface area contributed by atoms with Gasteiger partial charge in [0.15, 0.2) is 0 Å². The second kappa shape index (κ2) is 20.1. The molecule has 340 valence electrons. The number of imidazole rings is 1. The minimum atomic E-state index is -1.00. The number of methoxy groups -OCH3 is 2. The normalized spacial score (nSPS) is 18.2. The largest absolute Gasteiger partial charge is 0.453 e. The molecule has 3 heterocycles. The molecule has 5 amide bonds. The van der Waals surface area contributed by atoms with E-state index in [-0.39, 0.29) is 35.1 Å². The molecule has 14 nitrogen and oxygen atoms in total. The Morgan fingerprint density at radius 3 is 2.11 bits per heavy atom. The second-order valence-electron chi connectivity index (χ2n) is 17.7. The van der Waals surface area contributed by atoms with Crippen LogP contribution in [0.2, 0.25) is 0 Å². The fourth-order valence-corrected chi connectivity index (χ4v) is 10.0. The van der Waals surface area contributed by atoms with Crippen molar-refractivity contribution in [2.45, 2.75) is 121 Å². The van der Waals surface area contributed by atoms with Crippen molar-refractivity contribution in [3.05, 3.63) is 95.4 Å². The summed E-state index contributed by atoms with van der Waals surface area (Å²) in [4.78, 5) is 78.4. The summed E-state index contributed by atoms with van der Waals surface area (Å²) in [7, 11) is 2.55. The molecular formula is C50H63N7O7. The SMILES string of the molecule is CCCCC1(CCCC)c2cc(NC(=O)[C@@H]3CCCN3C(=O)[C@H](NC(=O)OC)c3ccccc3)ccc2-c2ccc(-c3cnc([C@@H]4CCCN4C(=O)[C@@H](NC(=O)OC)C(C)C)[nH]3)cc21. The Hall–Kier alpha value is -6.18. The lowest BCUT2D eigenvalue weighted by Gasteiger charge is -2.33. The van der Waals surface area contributed by atoms with Crippen LogP contribution in [0.5, 0.6) is 0 Å². The third-order valence-corrected chi connectivity index (χ3v) is 13.4. The predicted molar refractivity (Wildman–Crippen MR) is 245 cm³/mol. The van der Waals surface area contributed by atoms with Crippen LogP contribution < -0.4 is 16.0 Å². The van der Waals surface area contributed by atoms with Crippen LogP contribution in [-0.2, 0) is 29.3 Å². The number of anilines is 1. The van der Waals surface area contributed by atoms with Gasteiger partial charge >= 0.3 is 12.2 Å². The van der Waals surface area contributed by atoms with E-state index in [1.165, 1.54) is 30.9 Å². The Bertz CT molecular complexity index is 2320. The Morgan fingerprint density at radius 2 is 1.44 bits per heavy atom. The van der Waals surface area contributed by atoms with Crippen LogP contribution >= 0.6 is 0 Å². The van der Waals surface area contributed by atoms with Crippen LogP contribution in [0.15, 0.2) is 72.9 Å². The number of ether oxygens (including phenoxy) is 2. The van der Waals surface area contributed by atoms with Gasteiger partial charge in [-0.05, 0) is 96.0 Å². The van der Waals surface area contributed by atoms with Crippen molar-refractivity contribution < 1.29 is 33.4 Å². The maximum Gasteiger partial charge on any atom is 0.407 e. The van der Waals surface area contributed by atoms with Gasteiger partial charge in [-0.1, -0.05) is 102 Å². The molecule has 0 saturated carbocycles. The van der Waals surface area contributed by atoms with Gasteiger partial charge in [-0.3, -0.25) is 14.4 Å². The summed E-state index contributed by atoms with van der Waals surface area (Å²) in [5, 5.41) is 8.60. The molecule has 2 aliphatic heterocycles. The highest BCUT2D eigenvalue weighted by atomic mass is 16.5. The number of likely N-dealkylation sites (tertiary alicyclic amines) is 2. The van der Waals surface area contributed by atoms with Crippen LogP contribution in [0.1, 0.15) is 127 Å². The Kier molecular flexibility index (Phi) is 14.4. The van der Waals surface area contributed by atoms with E-state index in [9.17, 15) is 24.0 Å². The van der Waals surface area contributed by atoms with E-state index in [1.54, 1.807) is 29.2 Å². The van der Waals surface area contributed by atoms with Gasteiger partial charge in [0, 0.05) is 24.2 Å². The van der Waals surface area contributed by atoms with E-state index in [1.807, 2.05) is 37.1 Å². The highest BCUT2D eigenvalue weighted by molar-refractivity contribution is 5.99. The highest BCUT2D eigenvalue weighted by Crippen LogP contribution is 2.55. The Labute approximate surface area is 376 Å². The topological polar surface area (TPSA) is 175 Å². The number of alkyl carbamates (subject to hydrolysis) is 2. The summed E-state index contributed by atoms with van der Waals surface area (Å²) in [6.07, 6.45) is 9.21. The number of carbonyl (C=O) groups is 5. The molecule has 4 aromatic rings. The summed E-state index contributed by atoms with van der Waals surface area (Å²) in [6, 6.07) is 19.2. The van der Waals surface area contributed by atoms with E-state index >= 15 is 0 Å². The number of carbonyl (C=O) groups excluding carboxylic acids is 5. The molecule has 3 aliphatic rings. The lowest BCUT2D eigenvalue weighted by molar-refractivity contribution is -0.138. The zero-order valence-electron chi connectivity index (χ0n) is 38.0. The fraction of sp³-hybridized carbons (Fsp3) is 0.480. The summed E-state index contributed by atoms with van der Waals surface area (Å²) in [5.74, 6) is -0.195. The number of fused-ring (bicyclic) bond motifs is 3. The summed E-state index contributed by atoms with van der Waals surface area (Å²) in [6.45, 7) is 9.21. The van der Waals surface area contributed by atoms with Gasteiger partial charge in [0.05, 0.1) is 32.2 Å². The fourth-order valence-electron chi connectivity index (χ4n) is 10.0. The van der Waals surface area contributed by atoms with Crippen molar-refractivity contribution in [2.75, 3.05) is 32.6 Å². The smallest absolute Gasteiger partial charge is 0.407 e. The van der Waals surface area contributed by atoms with Gasteiger partial charge in [0.1, 0.15) is 23.9 Å². The maximum atomic E-state index is 14.2. The van der Waals surface area contributed by atoms with Crippen LogP contribution in [0, 0.1) is 5.92 Å². The number of hydrogen-bond donors (Lipinski definition) is 4. The standard InChI is InChI=1S/C50H63N7O7/c1-7-9-24-50(25-10-8-2)37-28-33(39-30-51-44(53-39)40-18-14-26-56(40)46(59)42(31(3)4)54-48(61)63-5)20-22-35(37)36-23-21-34(29-38(36)50)52-45(58)41-19-15-27-57(41)47(60)43(55-49(62)64-6)32-16-12-11-13-17-32/h11-13,16-17,20-23,28-31,40-43H,7-10,14-15,18-19,24-27H2,1-6H3,(H,51,53)(H,52,58)(H,54,61)(H,55,62)/t40-,41-,42-,43+/m0/s1. The monoisotopic (exact) mass is 873 g/mol. The summed E-state index contributed by atoms with van der Waals surface area (Å²) >= 11 is 0. The minimum absolute atomic E-state index is 0.131. The molecule has 0 bridgehead atoms. The molecule has 0 spiro atoms. The Morgan fingerprint density at radius 1 is 0.797 bits per heavy atom. The number of amides is 5. The van der Waals surface area contributed by atoms with Crippen molar-refractivity contribution >= 4 is 35.6 Å². The molecule has 3 aromatic carbocycles. The summed E-state index contributed by atoms with van der Waals surface area (Å²) < 4.78 is 9.67. The van der Waals surface area contributed by atoms with Crippen LogP contribution in [0.25, 0.3) is 22.4 Å². The average molecular weight is 874 g/mol. The molecule has 64 heavy (non-hydrogen) atoms.